The Morgan fingerprint density at radius 2 is 1.81 bits per heavy atom. The number of aryl methyl sites for hydroxylation is 1. The van der Waals surface area contributed by atoms with Crippen molar-refractivity contribution in [1.82, 2.24) is 24.9 Å². The van der Waals surface area contributed by atoms with Crippen LogP contribution < -0.4 is 5.32 Å². The first-order valence-corrected chi connectivity index (χ1v) is 8.61. The van der Waals surface area contributed by atoms with Crippen molar-refractivity contribution in [3.8, 4) is 11.1 Å². The predicted molar refractivity (Wildman–Crippen MR) is 95.7 cm³/mol. The van der Waals surface area contributed by atoms with Crippen LogP contribution in [0.15, 0.2) is 42.4 Å². The number of anilines is 2. The van der Waals surface area contributed by atoms with Crippen molar-refractivity contribution in [1.29, 1.82) is 0 Å². The van der Waals surface area contributed by atoms with Crippen LogP contribution >= 0.6 is 11.3 Å². The quantitative estimate of drug-likeness (QED) is 0.552. The Morgan fingerprint density at radius 3 is 2.52 bits per heavy atom. The van der Waals surface area contributed by atoms with Crippen LogP contribution in [0.25, 0.3) is 22.0 Å². The summed E-state index contributed by atoms with van der Waals surface area (Å²) in [4.78, 5) is 20.5. The van der Waals surface area contributed by atoms with Gasteiger partial charge < -0.3 is 5.32 Å². The summed E-state index contributed by atoms with van der Waals surface area (Å²) in [6, 6.07) is 3.74. The zero-order chi connectivity index (χ0) is 19.0. The molecule has 4 heterocycles. The van der Waals surface area contributed by atoms with Crippen LogP contribution in [0.1, 0.15) is 11.4 Å². The second-order valence-corrected chi connectivity index (χ2v) is 6.52. The number of aromatic nitrogens is 5. The zero-order valence-electron chi connectivity index (χ0n) is 13.8. The highest BCUT2D eigenvalue weighted by atomic mass is 32.1. The highest BCUT2D eigenvalue weighted by Crippen LogP contribution is 2.35. The standard InChI is InChI=1S/C17H11F3N6S/c1-9-2-3-11-12(10-4-21-8-22-5-10)6-23-15(14(11)24-9)26-16-25-13(7-27-16)17(18,19)20/h2-8H,1H3,(H,23,25,26). The van der Waals surface area contributed by atoms with Crippen LogP contribution in [0.5, 0.6) is 0 Å². The van der Waals surface area contributed by atoms with Gasteiger partial charge in [0.15, 0.2) is 16.6 Å². The van der Waals surface area contributed by atoms with Gasteiger partial charge in [0.2, 0.25) is 0 Å². The molecule has 136 valence electrons. The molecule has 0 radical (unpaired) electrons. The van der Waals surface area contributed by atoms with Crippen molar-refractivity contribution in [3.05, 3.63) is 53.8 Å². The average Bonchev–Trinajstić information content (AvgIpc) is 3.12. The van der Waals surface area contributed by atoms with Gasteiger partial charge in [0.05, 0.1) is 0 Å². The molecule has 0 unspecified atom stereocenters. The number of thiazole rings is 1. The first-order valence-electron chi connectivity index (χ1n) is 7.73. The first-order chi connectivity index (χ1) is 12.9. The summed E-state index contributed by atoms with van der Waals surface area (Å²) >= 11 is 0.855. The van der Waals surface area contributed by atoms with Crippen molar-refractivity contribution < 1.29 is 13.2 Å². The van der Waals surface area contributed by atoms with Crippen molar-refractivity contribution in [2.45, 2.75) is 13.1 Å². The minimum atomic E-state index is -4.49. The van der Waals surface area contributed by atoms with E-state index in [1.54, 1.807) is 18.6 Å². The van der Waals surface area contributed by atoms with E-state index in [4.69, 9.17) is 0 Å². The summed E-state index contributed by atoms with van der Waals surface area (Å²) < 4.78 is 38.3. The molecule has 0 atom stereocenters. The lowest BCUT2D eigenvalue weighted by Gasteiger charge is -2.10. The molecule has 27 heavy (non-hydrogen) atoms. The van der Waals surface area contributed by atoms with Gasteiger partial charge >= 0.3 is 6.18 Å². The molecular weight excluding hydrogens is 377 g/mol. The molecule has 4 aromatic heterocycles. The molecule has 0 spiro atoms. The lowest BCUT2D eigenvalue weighted by atomic mass is 10.1. The third-order valence-electron chi connectivity index (χ3n) is 3.76. The Hall–Kier alpha value is -3.14. The van der Waals surface area contributed by atoms with Gasteiger partial charge in [0.25, 0.3) is 0 Å². The predicted octanol–water partition coefficient (Wildman–Crippen LogP) is 4.61. The topological polar surface area (TPSA) is 76.5 Å². The molecule has 0 amide bonds. The maximum atomic E-state index is 12.8. The van der Waals surface area contributed by atoms with Gasteiger partial charge in [-0.25, -0.2) is 24.9 Å². The Balaban J connectivity index is 1.80. The van der Waals surface area contributed by atoms with Crippen LogP contribution in [0.2, 0.25) is 0 Å². The number of nitrogens with zero attached hydrogens (tertiary/aromatic N) is 5. The highest BCUT2D eigenvalue weighted by Gasteiger charge is 2.33. The van der Waals surface area contributed by atoms with Crippen LogP contribution in [-0.4, -0.2) is 24.9 Å². The number of hydrogen-bond donors (Lipinski definition) is 1. The average molecular weight is 388 g/mol. The number of fused-ring (bicyclic) bond motifs is 1. The molecule has 0 saturated heterocycles. The SMILES string of the molecule is Cc1ccc2c(-c3cncnc3)cnc(Nc3nc(C(F)(F)F)cs3)c2n1. The third kappa shape index (κ3) is 3.43. The first kappa shape index (κ1) is 17.3. The largest absolute Gasteiger partial charge is 0.434 e. The van der Waals surface area contributed by atoms with E-state index < -0.39 is 11.9 Å². The fraction of sp³-hybridized carbons (Fsp3) is 0.118. The highest BCUT2D eigenvalue weighted by molar-refractivity contribution is 7.13. The summed E-state index contributed by atoms with van der Waals surface area (Å²) in [5.41, 5.74) is 1.88. The van der Waals surface area contributed by atoms with Crippen LogP contribution in [0.4, 0.5) is 24.1 Å². The van der Waals surface area contributed by atoms with Crippen LogP contribution in [-0.2, 0) is 6.18 Å². The van der Waals surface area contributed by atoms with Gasteiger partial charge in [-0.1, -0.05) is 6.07 Å². The lowest BCUT2D eigenvalue weighted by molar-refractivity contribution is -0.140. The molecule has 0 saturated carbocycles. The van der Waals surface area contributed by atoms with E-state index in [9.17, 15) is 13.2 Å². The van der Waals surface area contributed by atoms with Crippen molar-refractivity contribution in [3.63, 3.8) is 0 Å². The van der Waals surface area contributed by atoms with Crippen molar-refractivity contribution in [2.24, 2.45) is 0 Å². The normalized spacial score (nSPS) is 11.7. The molecule has 0 bridgehead atoms. The van der Waals surface area contributed by atoms with Gasteiger partial charge in [-0.2, -0.15) is 13.2 Å². The molecule has 0 aliphatic heterocycles. The minimum Gasteiger partial charge on any atom is -0.314 e. The van der Waals surface area contributed by atoms with E-state index in [2.05, 4.69) is 30.2 Å². The van der Waals surface area contributed by atoms with E-state index in [1.165, 1.54) is 6.33 Å². The van der Waals surface area contributed by atoms with Gasteiger partial charge in [-0.15, -0.1) is 11.3 Å². The molecule has 0 fully saturated rings. The van der Waals surface area contributed by atoms with E-state index >= 15 is 0 Å². The van der Waals surface area contributed by atoms with Crippen molar-refractivity contribution >= 4 is 33.2 Å². The number of halogens is 3. The van der Waals surface area contributed by atoms with Crippen molar-refractivity contribution in [2.75, 3.05) is 5.32 Å². The number of nitrogens with one attached hydrogen (secondary N) is 1. The maximum absolute atomic E-state index is 12.8. The Labute approximate surface area is 155 Å². The molecule has 1 N–H and O–H groups in total. The maximum Gasteiger partial charge on any atom is 0.434 e. The second kappa shape index (κ2) is 6.54. The minimum absolute atomic E-state index is 0.0928. The summed E-state index contributed by atoms with van der Waals surface area (Å²) in [5.74, 6) is 0.331. The monoisotopic (exact) mass is 388 g/mol. The van der Waals surface area contributed by atoms with Gasteiger partial charge in [-0.05, 0) is 13.0 Å². The second-order valence-electron chi connectivity index (χ2n) is 5.66. The Morgan fingerprint density at radius 1 is 1.04 bits per heavy atom. The Bertz CT molecular complexity index is 1110. The summed E-state index contributed by atoms with van der Waals surface area (Å²) in [6.07, 6.45) is 1.87. The fourth-order valence-corrected chi connectivity index (χ4v) is 3.25. The molecule has 0 aromatic carbocycles. The fourth-order valence-electron chi connectivity index (χ4n) is 2.54. The van der Waals surface area contributed by atoms with Gasteiger partial charge in [0.1, 0.15) is 11.8 Å². The van der Waals surface area contributed by atoms with Gasteiger partial charge in [-0.3, -0.25) is 0 Å². The number of pyridine rings is 2. The van der Waals surface area contributed by atoms with E-state index in [-0.39, 0.29) is 5.13 Å². The number of alkyl halides is 3. The number of rotatable bonds is 3. The van der Waals surface area contributed by atoms with Crippen LogP contribution in [0, 0.1) is 6.92 Å². The number of hydrogen-bond acceptors (Lipinski definition) is 7. The summed E-state index contributed by atoms with van der Waals surface area (Å²) in [6.45, 7) is 1.83. The molecule has 4 rings (SSSR count). The molecule has 4 aromatic rings. The molecular formula is C17H11F3N6S. The third-order valence-corrected chi connectivity index (χ3v) is 4.52. The van der Waals surface area contributed by atoms with E-state index in [0.29, 0.717) is 11.3 Å². The molecule has 10 heteroatoms. The van der Waals surface area contributed by atoms with E-state index in [1.807, 2.05) is 19.1 Å². The van der Waals surface area contributed by atoms with Crippen LogP contribution in [0.3, 0.4) is 0 Å². The smallest absolute Gasteiger partial charge is 0.314 e. The molecule has 0 aliphatic rings. The van der Waals surface area contributed by atoms with Gasteiger partial charge in [0, 0.05) is 46.2 Å². The summed E-state index contributed by atoms with van der Waals surface area (Å²) in [5, 5.41) is 4.68. The lowest BCUT2D eigenvalue weighted by Crippen LogP contribution is -2.05. The zero-order valence-corrected chi connectivity index (χ0v) is 14.6. The molecule has 6 nitrogen and oxygen atoms in total. The molecule has 0 aliphatic carbocycles. The Kier molecular flexibility index (Phi) is 4.19. The van der Waals surface area contributed by atoms with E-state index in [0.717, 1.165) is 38.9 Å². The summed E-state index contributed by atoms with van der Waals surface area (Å²) in [7, 11) is 0.